The zero-order chi connectivity index (χ0) is 21.0. The molecule has 0 bridgehead atoms. The molecule has 9 heteroatoms. The minimum absolute atomic E-state index is 0.133. The van der Waals surface area contributed by atoms with Gasteiger partial charge in [-0.15, -0.1) is 0 Å². The number of hydrogen-bond acceptors (Lipinski definition) is 8. The van der Waals surface area contributed by atoms with Gasteiger partial charge in [0, 0.05) is 30.8 Å². The molecule has 2 aliphatic rings. The Kier molecular flexibility index (Phi) is 6.01. The second-order valence-electron chi connectivity index (χ2n) is 7.78. The van der Waals surface area contributed by atoms with Crippen LogP contribution in [-0.4, -0.2) is 54.0 Å². The number of hydrogen-bond donors (Lipinski definition) is 2. The molecule has 8 nitrogen and oxygen atoms in total. The van der Waals surface area contributed by atoms with E-state index >= 15 is 0 Å². The predicted octanol–water partition coefficient (Wildman–Crippen LogP) is 3.58. The number of aromatic nitrogens is 3. The number of ether oxygens (including phenoxy) is 3. The van der Waals surface area contributed by atoms with E-state index in [1.807, 2.05) is 30.3 Å². The normalized spacial score (nSPS) is 20.8. The SMILES string of the molecule is Clc1cc(Nc2ncnc3ccc(O[C@H]4CCNC4)nc23)ccc1OC[C@H]1CCOC1. The lowest BCUT2D eigenvalue weighted by Crippen LogP contribution is -2.20. The van der Waals surface area contributed by atoms with Gasteiger partial charge < -0.3 is 24.8 Å². The van der Waals surface area contributed by atoms with Crippen LogP contribution in [0.1, 0.15) is 12.8 Å². The summed E-state index contributed by atoms with van der Waals surface area (Å²) in [4.78, 5) is 13.3. The Morgan fingerprint density at radius 1 is 1.19 bits per heavy atom. The maximum atomic E-state index is 6.45. The molecule has 2 N–H and O–H groups in total. The minimum atomic E-state index is 0.133. The molecule has 4 heterocycles. The highest BCUT2D eigenvalue weighted by Gasteiger charge is 2.18. The standard InChI is InChI=1S/C22H24ClN5O3/c23-17-9-15(1-3-19(17)30-12-14-6-8-29-11-14)27-22-21-18(25-13-26-22)2-4-20(28-21)31-16-5-7-24-10-16/h1-4,9,13-14,16,24H,5-8,10-12H2,(H,25,26,27)/t14-,16-/m0/s1. The summed E-state index contributed by atoms with van der Waals surface area (Å²) in [6.45, 7) is 3.94. The maximum Gasteiger partial charge on any atom is 0.214 e. The number of nitrogens with one attached hydrogen (secondary N) is 2. The molecule has 0 unspecified atom stereocenters. The first kappa shape index (κ1) is 20.2. The zero-order valence-corrected chi connectivity index (χ0v) is 17.8. The van der Waals surface area contributed by atoms with Crippen molar-refractivity contribution >= 4 is 34.1 Å². The Hall–Kier alpha value is -2.68. The predicted molar refractivity (Wildman–Crippen MR) is 118 cm³/mol. The van der Waals surface area contributed by atoms with Crippen LogP contribution in [-0.2, 0) is 4.74 Å². The highest BCUT2D eigenvalue weighted by atomic mass is 35.5. The topological polar surface area (TPSA) is 90.4 Å². The number of halogens is 1. The zero-order valence-electron chi connectivity index (χ0n) is 17.0. The van der Waals surface area contributed by atoms with E-state index in [1.54, 1.807) is 0 Å². The average Bonchev–Trinajstić information content (AvgIpc) is 3.48. The van der Waals surface area contributed by atoms with E-state index in [1.165, 1.54) is 6.33 Å². The van der Waals surface area contributed by atoms with Crippen LogP contribution in [0.2, 0.25) is 5.02 Å². The van der Waals surface area contributed by atoms with E-state index in [-0.39, 0.29) is 6.10 Å². The molecule has 2 aliphatic heterocycles. The van der Waals surface area contributed by atoms with E-state index in [0.717, 1.165) is 50.3 Å². The Morgan fingerprint density at radius 2 is 2.16 bits per heavy atom. The molecule has 31 heavy (non-hydrogen) atoms. The summed E-state index contributed by atoms with van der Waals surface area (Å²) in [6, 6.07) is 9.32. The third-order valence-electron chi connectivity index (χ3n) is 5.45. The van der Waals surface area contributed by atoms with Gasteiger partial charge in [-0.3, -0.25) is 0 Å². The van der Waals surface area contributed by atoms with Gasteiger partial charge in [-0.2, -0.15) is 0 Å². The fraction of sp³-hybridized carbons (Fsp3) is 0.409. The first-order valence-corrected chi connectivity index (χ1v) is 10.9. The van der Waals surface area contributed by atoms with Crippen LogP contribution in [0.5, 0.6) is 11.6 Å². The summed E-state index contributed by atoms with van der Waals surface area (Å²) >= 11 is 6.45. The summed E-state index contributed by atoms with van der Waals surface area (Å²) in [6.07, 6.45) is 3.63. The van der Waals surface area contributed by atoms with Gasteiger partial charge in [0.1, 0.15) is 23.7 Å². The van der Waals surface area contributed by atoms with E-state index < -0.39 is 0 Å². The Morgan fingerprint density at radius 3 is 2.97 bits per heavy atom. The minimum Gasteiger partial charge on any atom is -0.492 e. The third-order valence-corrected chi connectivity index (χ3v) is 5.75. The molecule has 3 aromatic rings. The van der Waals surface area contributed by atoms with Crippen LogP contribution in [0, 0.1) is 5.92 Å². The second-order valence-corrected chi connectivity index (χ2v) is 8.19. The van der Waals surface area contributed by atoms with E-state index in [0.29, 0.717) is 40.5 Å². The van der Waals surface area contributed by atoms with E-state index in [2.05, 4.69) is 25.6 Å². The third kappa shape index (κ3) is 4.81. The van der Waals surface area contributed by atoms with Crippen molar-refractivity contribution in [2.75, 3.05) is 38.2 Å². The molecule has 0 spiro atoms. The van der Waals surface area contributed by atoms with Crippen LogP contribution >= 0.6 is 11.6 Å². The van der Waals surface area contributed by atoms with Crippen molar-refractivity contribution in [3.05, 3.63) is 41.7 Å². The maximum absolute atomic E-state index is 6.45. The van der Waals surface area contributed by atoms with Gasteiger partial charge in [0.05, 0.1) is 23.8 Å². The largest absolute Gasteiger partial charge is 0.492 e. The number of benzene rings is 1. The molecule has 2 saturated heterocycles. The molecular weight excluding hydrogens is 418 g/mol. The molecule has 2 fully saturated rings. The van der Waals surface area contributed by atoms with Crippen LogP contribution in [0.4, 0.5) is 11.5 Å². The number of rotatable bonds is 7. The van der Waals surface area contributed by atoms with Crippen molar-refractivity contribution in [3.8, 4) is 11.6 Å². The Labute approximate surface area is 185 Å². The van der Waals surface area contributed by atoms with E-state index in [9.17, 15) is 0 Å². The molecule has 1 aromatic carbocycles. The highest BCUT2D eigenvalue weighted by Crippen LogP contribution is 2.31. The van der Waals surface area contributed by atoms with Crippen molar-refractivity contribution in [3.63, 3.8) is 0 Å². The van der Waals surface area contributed by atoms with Gasteiger partial charge in [0.15, 0.2) is 5.82 Å². The summed E-state index contributed by atoms with van der Waals surface area (Å²) in [7, 11) is 0. The Balaban J connectivity index is 1.32. The second kappa shape index (κ2) is 9.21. The van der Waals surface area contributed by atoms with Crippen LogP contribution in [0.3, 0.4) is 0 Å². The van der Waals surface area contributed by atoms with Gasteiger partial charge in [0.25, 0.3) is 0 Å². The molecule has 2 atom stereocenters. The highest BCUT2D eigenvalue weighted by molar-refractivity contribution is 6.32. The summed E-state index contributed by atoms with van der Waals surface area (Å²) in [5.41, 5.74) is 2.16. The summed E-state index contributed by atoms with van der Waals surface area (Å²) < 4.78 is 17.3. The van der Waals surface area contributed by atoms with Gasteiger partial charge in [-0.05, 0) is 43.7 Å². The van der Waals surface area contributed by atoms with Crippen molar-refractivity contribution in [1.82, 2.24) is 20.3 Å². The molecular formula is C22H24ClN5O3. The molecule has 2 aromatic heterocycles. The van der Waals surface area contributed by atoms with Crippen LogP contribution < -0.4 is 20.1 Å². The van der Waals surface area contributed by atoms with Crippen molar-refractivity contribution in [2.45, 2.75) is 18.9 Å². The first-order valence-electron chi connectivity index (χ1n) is 10.5. The fourth-order valence-electron chi connectivity index (χ4n) is 3.73. The fourth-order valence-corrected chi connectivity index (χ4v) is 3.97. The molecule has 0 aliphatic carbocycles. The lowest BCUT2D eigenvalue weighted by atomic mass is 10.1. The Bertz CT molecular complexity index is 1050. The van der Waals surface area contributed by atoms with Crippen LogP contribution in [0.15, 0.2) is 36.7 Å². The van der Waals surface area contributed by atoms with Crippen molar-refractivity contribution in [1.29, 1.82) is 0 Å². The van der Waals surface area contributed by atoms with Crippen LogP contribution in [0.25, 0.3) is 11.0 Å². The van der Waals surface area contributed by atoms with Crippen molar-refractivity contribution < 1.29 is 14.2 Å². The van der Waals surface area contributed by atoms with E-state index in [4.69, 9.17) is 25.8 Å². The van der Waals surface area contributed by atoms with Crippen molar-refractivity contribution in [2.24, 2.45) is 5.92 Å². The molecule has 0 saturated carbocycles. The first-order chi connectivity index (χ1) is 15.2. The summed E-state index contributed by atoms with van der Waals surface area (Å²) in [5, 5.41) is 7.12. The van der Waals surface area contributed by atoms with Gasteiger partial charge >= 0.3 is 0 Å². The van der Waals surface area contributed by atoms with Gasteiger partial charge in [0.2, 0.25) is 5.88 Å². The van der Waals surface area contributed by atoms with Gasteiger partial charge in [-0.1, -0.05) is 11.6 Å². The molecule has 0 radical (unpaired) electrons. The molecule has 0 amide bonds. The smallest absolute Gasteiger partial charge is 0.214 e. The quantitative estimate of drug-likeness (QED) is 0.575. The molecule has 5 rings (SSSR count). The molecule has 162 valence electrons. The lowest BCUT2D eigenvalue weighted by Gasteiger charge is -2.14. The monoisotopic (exact) mass is 441 g/mol. The average molecular weight is 442 g/mol. The number of anilines is 2. The number of fused-ring (bicyclic) bond motifs is 1. The van der Waals surface area contributed by atoms with Gasteiger partial charge in [-0.25, -0.2) is 15.0 Å². The number of pyridine rings is 1. The summed E-state index contributed by atoms with van der Waals surface area (Å²) in [5.74, 6) is 2.24. The lowest BCUT2D eigenvalue weighted by molar-refractivity contribution is 0.167. The number of nitrogens with zero attached hydrogens (tertiary/aromatic N) is 3.